The van der Waals surface area contributed by atoms with Gasteiger partial charge in [0.25, 0.3) is 0 Å². The predicted molar refractivity (Wildman–Crippen MR) is 76.4 cm³/mol. The number of hydrogen-bond acceptors (Lipinski definition) is 4. The van der Waals surface area contributed by atoms with E-state index < -0.39 is 6.03 Å². The number of urea groups is 1. The van der Waals surface area contributed by atoms with Gasteiger partial charge in [0.05, 0.1) is 6.21 Å². The summed E-state index contributed by atoms with van der Waals surface area (Å²) in [5.74, 6) is -0.324. The van der Waals surface area contributed by atoms with E-state index in [0.717, 1.165) is 27.8 Å². The molecule has 0 unspecified atom stereocenters. The Kier molecular flexibility index (Phi) is 5.25. The number of nitrogens with one attached hydrogen (secondary N) is 1. The van der Waals surface area contributed by atoms with Crippen molar-refractivity contribution >= 4 is 18.2 Å². The molecule has 0 radical (unpaired) electrons. The maximum absolute atomic E-state index is 10.9. The Morgan fingerprint density at radius 1 is 1.35 bits per heavy atom. The Balaban J connectivity index is 3.11. The number of nitrogens with two attached hydrogens (primary N) is 1. The molecule has 6 nitrogen and oxygen atoms in total. The van der Waals surface area contributed by atoms with Crippen LogP contribution >= 0.6 is 0 Å². The van der Waals surface area contributed by atoms with E-state index >= 15 is 0 Å². The maximum Gasteiger partial charge on any atom is 0.332 e. The fourth-order valence-electron chi connectivity index (χ4n) is 2.00. The van der Waals surface area contributed by atoms with Crippen LogP contribution in [0.4, 0.5) is 4.79 Å². The van der Waals surface area contributed by atoms with E-state index in [-0.39, 0.29) is 12.6 Å². The van der Waals surface area contributed by atoms with Crippen molar-refractivity contribution in [1.29, 1.82) is 0 Å². The van der Waals surface area contributed by atoms with E-state index in [9.17, 15) is 9.59 Å². The molecule has 0 saturated carbocycles. The zero-order chi connectivity index (χ0) is 15.3. The van der Waals surface area contributed by atoms with Crippen molar-refractivity contribution < 1.29 is 14.3 Å². The van der Waals surface area contributed by atoms with Crippen molar-refractivity contribution in [1.82, 2.24) is 5.43 Å². The molecule has 0 aliphatic carbocycles. The highest BCUT2D eigenvalue weighted by atomic mass is 16.5. The summed E-state index contributed by atoms with van der Waals surface area (Å²) >= 11 is 0. The minimum atomic E-state index is -0.719. The second-order valence-corrected chi connectivity index (χ2v) is 4.54. The number of primary amides is 1. The van der Waals surface area contributed by atoms with E-state index in [4.69, 9.17) is 10.5 Å². The lowest BCUT2D eigenvalue weighted by Crippen LogP contribution is -2.24. The van der Waals surface area contributed by atoms with Crippen LogP contribution in [0.5, 0.6) is 0 Å². The van der Waals surface area contributed by atoms with Crippen LogP contribution in [0.3, 0.4) is 0 Å². The van der Waals surface area contributed by atoms with E-state index in [0.29, 0.717) is 0 Å². The van der Waals surface area contributed by atoms with Crippen LogP contribution in [0.25, 0.3) is 0 Å². The Morgan fingerprint density at radius 3 is 2.55 bits per heavy atom. The maximum atomic E-state index is 10.9. The number of hydrogen-bond donors (Lipinski definition) is 2. The molecule has 0 saturated heterocycles. The van der Waals surface area contributed by atoms with Crippen molar-refractivity contribution in [3.63, 3.8) is 0 Å². The Labute approximate surface area is 118 Å². The van der Waals surface area contributed by atoms with E-state index in [1.54, 1.807) is 0 Å². The Morgan fingerprint density at radius 2 is 2.00 bits per heavy atom. The predicted octanol–water partition coefficient (Wildman–Crippen LogP) is 1.68. The molecule has 0 heterocycles. The molecule has 6 heteroatoms. The number of nitrogens with zero attached hydrogens (tertiary/aromatic N) is 1. The van der Waals surface area contributed by atoms with Gasteiger partial charge in [-0.2, -0.15) is 5.10 Å². The summed E-state index contributed by atoms with van der Waals surface area (Å²) in [5.41, 5.74) is 11.9. The molecule has 1 aromatic carbocycles. The minimum absolute atomic E-state index is 0.220. The Bertz CT molecular complexity index is 565. The highest BCUT2D eigenvalue weighted by Gasteiger charge is 2.11. The quantitative estimate of drug-likeness (QED) is 0.498. The number of carbonyl (C=O) groups excluding carboxylic acids is 2. The lowest BCUT2D eigenvalue weighted by atomic mass is 9.94. The monoisotopic (exact) mass is 277 g/mol. The number of amides is 2. The van der Waals surface area contributed by atoms with Crippen LogP contribution < -0.4 is 11.2 Å². The molecule has 1 rings (SSSR count). The van der Waals surface area contributed by atoms with Crippen LogP contribution in [-0.4, -0.2) is 18.2 Å². The summed E-state index contributed by atoms with van der Waals surface area (Å²) in [6.45, 7) is 7.42. The topological polar surface area (TPSA) is 93.8 Å². The van der Waals surface area contributed by atoms with Gasteiger partial charge in [0, 0.05) is 12.5 Å². The number of rotatable bonds is 4. The van der Waals surface area contributed by atoms with Crippen molar-refractivity contribution in [2.24, 2.45) is 10.8 Å². The second-order valence-electron chi connectivity index (χ2n) is 4.54. The molecule has 0 aromatic heterocycles. The van der Waals surface area contributed by atoms with Gasteiger partial charge in [0.1, 0.15) is 6.61 Å². The molecular weight excluding hydrogens is 258 g/mol. The molecule has 0 aliphatic rings. The molecule has 20 heavy (non-hydrogen) atoms. The first-order valence-corrected chi connectivity index (χ1v) is 6.14. The van der Waals surface area contributed by atoms with Gasteiger partial charge in [-0.25, -0.2) is 10.2 Å². The van der Waals surface area contributed by atoms with Gasteiger partial charge < -0.3 is 10.5 Å². The summed E-state index contributed by atoms with van der Waals surface area (Å²) in [4.78, 5) is 21.5. The smallest absolute Gasteiger partial charge is 0.332 e. The van der Waals surface area contributed by atoms with Gasteiger partial charge in [-0.05, 0) is 43.0 Å². The Hall–Kier alpha value is -2.37. The summed E-state index contributed by atoms with van der Waals surface area (Å²) in [6, 6.07) is 1.26. The van der Waals surface area contributed by atoms with Crippen LogP contribution in [0.2, 0.25) is 0 Å². The van der Waals surface area contributed by atoms with Crippen molar-refractivity contribution in [2.45, 2.75) is 34.3 Å². The number of aryl methyl sites for hydroxylation is 2. The standard InChI is InChI=1S/C14H19N3O3/c1-8-5-9(2)13(7-20-11(4)18)10(3)12(8)6-16-17-14(15)19/h5-6H,7H2,1-4H3,(H3,15,17,19)/b16-6-. The lowest BCUT2D eigenvalue weighted by molar-refractivity contribution is -0.142. The molecule has 0 spiro atoms. The van der Waals surface area contributed by atoms with Crippen molar-refractivity contribution in [3.8, 4) is 0 Å². The number of ether oxygens (including phenoxy) is 1. The number of carbonyl (C=O) groups is 2. The second kappa shape index (κ2) is 6.70. The number of hydrazone groups is 1. The van der Waals surface area contributed by atoms with Gasteiger partial charge in [0.15, 0.2) is 0 Å². The minimum Gasteiger partial charge on any atom is -0.461 e. The molecule has 108 valence electrons. The third kappa shape index (κ3) is 4.08. The van der Waals surface area contributed by atoms with Crippen molar-refractivity contribution in [2.75, 3.05) is 0 Å². The summed E-state index contributed by atoms with van der Waals surface area (Å²) in [7, 11) is 0. The fraction of sp³-hybridized carbons (Fsp3) is 0.357. The third-order valence-electron chi connectivity index (χ3n) is 2.98. The molecule has 0 atom stereocenters. The van der Waals surface area contributed by atoms with Gasteiger partial charge in [0.2, 0.25) is 0 Å². The highest BCUT2D eigenvalue weighted by Crippen LogP contribution is 2.22. The first-order valence-electron chi connectivity index (χ1n) is 6.14. The van der Waals surface area contributed by atoms with E-state index in [1.165, 1.54) is 13.1 Å². The zero-order valence-corrected chi connectivity index (χ0v) is 12.1. The summed E-state index contributed by atoms with van der Waals surface area (Å²) < 4.78 is 5.05. The fourth-order valence-corrected chi connectivity index (χ4v) is 2.00. The first-order chi connectivity index (χ1) is 9.32. The molecule has 0 bridgehead atoms. The third-order valence-corrected chi connectivity index (χ3v) is 2.98. The van der Waals surface area contributed by atoms with Gasteiger partial charge in [-0.3, -0.25) is 4.79 Å². The molecular formula is C14H19N3O3. The lowest BCUT2D eigenvalue weighted by Gasteiger charge is -2.14. The number of esters is 1. The average Bonchev–Trinajstić information content (AvgIpc) is 2.32. The van der Waals surface area contributed by atoms with Crippen LogP contribution in [0, 0.1) is 20.8 Å². The largest absolute Gasteiger partial charge is 0.461 e. The molecule has 0 fully saturated rings. The van der Waals surface area contributed by atoms with E-state index in [1.807, 2.05) is 26.8 Å². The van der Waals surface area contributed by atoms with Gasteiger partial charge >= 0.3 is 12.0 Å². The van der Waals surface area contributed by atoms with Crippen LogP contribution in [0.1, 0.15) is 34.7 Å². The van der Waals surface area contributed by atoms with E-state index in [2.05, 4.69) is 10.5 Å². The SMILES string of the molecule is CC(=O)OCc1c(C)cc(C)c(/C=N\NC(N)=O)c1C. The molecule has 0 aliphatic heterocycles. The first kappa shape index (κ1) is 15.7. The van der Waals surface area contributed by atoms with Crippen LogP contribution in [0.15, 0.2) is 11.2 Å². The van der Waals surface area contributed by atoms with Crippen LogP contribution in [-0.2, 0) is 16.1 Å². The molecule has 1 aromatic rings. The average molecular weight is 277 g/mol. The highest BCUT2D eigenvalue weighted by molar-refractivity contribution is 5.85. The van der Waals surface area contributed by atoms with Gasteiger partial charge in [-0.1, -0.05) is 6.07 Å². The molecule has 3 N–H and O–H groups in total. The normalized spacial score (nSPS) is 10.6. The van der Waals surface area contributed by atoms with Crippen molar-refractivity contribution in [3.05, 3.63) is 33.9 Å². The molecule has 2 amide bonds. The number of benzene rings is 1. The summed E-state index contributed by atoms with van der Waals surface area (Å²) in [5, 5.41) is 3.77. The van der Waals surface area contributed by atoms with Gasteiger partial charge in [-0.15, -0.1) is 0 Å². The zero-order valence-electron chi connectivity index (χ0n) is 12.1. The summed E-state index contributed by atoms with van der Waals surface area (Å²) in [6.07, 6.45) is 1.53.